The van der Waals surface area contributed by atoms with Crippen LogP contribution in [0, 0.1) is 0 Å². The summed E-state index contributed by atoms with van der Waals surface area (Å²) in [4.78, 5) is 0. The molecular weight excluding hydrogens is 277 g/mol. The molecule has 0 rings (SSSR count). The van der Waals surface area contributed by atoms with Gasteiger partial charge in [0.05, 0.1) is 4.75 Å². The average Bonchev–Trinajstić information content (AvgIpc) is 1.77. The van der Waals surface area contributed by atoms with Crippen LogP contribution in [-0.2, 0) is 20.2 Å². The maximum absolute atomic E-state index is 10.7. The summed E-state index contributed by atoms with van der Waals surface area (Å²) < 4.78 is 85.2. The normalized spacial score (nSPS) is 14.0. The second-order valence-corrected chi connectivity index (χ2v) is 7.10. The first-order valence-corrected chi connectivity index (χ1v) is 6.39. The molecule has 0 spiro atoms. The fourth-order valence-corrected chi connectivity index (χ4v) is 0. The van der Waals surface area contributed by atoms with Crippen molar-refractivity contribution in [3.8, 4) is 0 Å². The van der Waals surface area contributed by atoms with Crippen molar-refractivity contribution < 1.29 is 39.1 Å². The van der Waals surface area contributed by atoms with Gasteiger partial charge in [-0.2, -0.15) is 30.0 Å². The van der Waals surface area contributed by atoms with Gasteiger partial charge in [-0.1, -0.05) is 0 Å². The van der Waals surface area contributed by atoms with E-state index in [1.807, 2.05) is 0 Å². The van der Waals surface area contributed by atoms with Gasteiger partial charge in [-0.05, 0) is 20.8 Å². The molecule has 0 heterocycles. The molecule has 0 fully saturated rings. The summed E-state index contributed by atoms with van der Waals surface area (Å²) in [5, 5.41) is 0. The van der Waals surface area contributed by atoms with Crippen molar-refractivity contribution in [2.75, 3.05) is 0 Å². The Balaban J connectivity index is 0. The molecule has 0 aromatic rings. The zero-order valence-corrected chi connectivity index (χ0v) is 10.1. The minimum absolute atomic E-state index is 1.03. The van der Waals surface area contributed by atoms with Gasteiger partial charge in [0.15, 0.2) is 0 Å². The van der Waals surface area contributed by atoms with Crippen LogP contribution < -0.4 is 0 Å². The predicted molar refractivity (Wildman–Crippen MR) is 48.9 cm³/mol. The quantitative estimate of drug-likeness (QED) is 0.509. The van der Waals surface area contributed by atoms with Crippen molar-refractivity contribution in [1.82, 2.24) is 0 Å². The highest BCUT2D eigenvalue weighted by Gasteiger charge is 2.44. The van der Waals surface area contributed by atoms with Gasteiger partial charge in [0.25, 0.3) is 10.1 Å². The number of halogens is 3. The lowest BCUT2D eigenvalue weighted by Gasteiger charge is -2.12. The molecule has 6 nitrogen and oxygen atoms in total. The Kier molecular flexibility index (Phi) is 5.46. The number of rotatable bonds is 0. The molecule has 0 radical (unpaired) electrons. The summed E-state index contributed by atoms with van der Waals surface area (Å²) in [6.45, 7) is 4.30. The van der Waals surface area contributed by atoms with Crippen LogP contribution in [0.2, 0.25) is 0 Å². The van der Waals surface area contributed by atoms with E-state index in [1.165, 1.54) is 20.8 Å². The molecule has 2 N–H and O–H groups in total. The van der Waals surface area contributed by atoms with E-state index >= 15 is 0 Å². The Morgan fingerprint density at radius 2 is 0.938 bits per heavy atom. The highest BCUT2D eigenvalue weighted by Crippen LogP contribution is 2.20. The monoisotopic (exact) mass is 288 g/mol. The molecule has 0 aromatic carbocycles. The van der Waals surface area contributed by atoms with Crippen molar-refractivity contribution in [2.24, 2.45) is 0 Å². The molecule has 0 aliphatic carbocycles. The van der Waals surface area contributed by atoms with Crippen LogP contribution in [0.4, 0.5) is 13.2 Å². The number of hydrogen-bond acceptors (Lipinski definition) is 4. The smallest absolute Gasteiger partial charge is 0.285 e. The second kappa shape index (κ2) is 4.85. The van der Waals surface area contributed by atoms with E-state index in [4.69, 9.17) is 17.5 Å². The number of hydrogen-bond donors (Lipinski definition) is 2. The summed E-state index contributed by atoms with van der Waals surface area (Å²) in [6, 6.07) is 0. The average molecular weight is 288 g/mol. The second-order valence-electron chi connectivity index (χ2n) is 3.51. The highest BCUT2D eigenvalue weighted by molar-refractivity contribution is 7.87. The largest absolute Gasteiger partial charge is 0.522 e. The first-order chi connectivity index (χ1) is 6.50. The molecular formula is C5H11F3O6S2. The molecule has 0 bridgehead atoms. The summed E-state index contributed by atoms with van der Waals surface area (Å²) in [5.41, 5.74) is -5.53. The van der Waals surface area contributed by atoms with E-state index in [0.29, 0.717) is 0 Å². The van der Waals surface area contributed by atoms with Gasteiger partial charge < -0.3 is 0 Å². The van der Waals surface area contributed by atoms with Crippen LogP contribution >= 0.6 is 0 Å². The van der Waals surface area contributed by atoms with Crippen LogP contribution in [0.3, 0.4) is 0 Å². The molecule has 0 saturated heterocycles. The topological polar surface area (TPSA) is 109 Å². The van der Waals surface area contributed by atoms with Crippen LogP contribution in [-0.4, -0.2) is 36.2 Å². The first-order valence-electron chi connectivity index (χ1n) is 3.51. The van der Waals surface area contributed by atoms with Crippen molar-refractivity contribution in [2.45, 2.75) is 31.0 Å². The Labute approximate surface area is 91.0 Å². The Morgan fingerprint density at radius 3 is 0.938 bits per heavy atom. The molecule has 11 heteroatoms. The zero-order chi connectivity index (χ0) is 14.0. The summed E-state index contributed by atoms with van der Waals surface area (Å²) >= 11 is 0. The van der Waals surface area contributed by atoms with Crippen molar-refractivity contribution in [3.05, 3.63) is 0 Å². The van der Waals surface area contributed by atoms with Gasteiger partial charge >= 0.3 is 15.6 Å². The van der Waals surface area contributed by atoms with Gasteiger partial charge in [-0.25, -0.2) is 0 Å². The lowest BCUT2D eigenvalue weighted by Crippen LogP contribution is -2.26. The van der Waals surface area contributed by atoms with Crippen LogP contribution in [0.15, 0.2) is 0 Å². The molecule has 0 aliphatic rings. The SMILES string of the molecule is CC(C)(C)S(=O)(=O)O.O=S(=O)(O)C(F)(F)F. The van der Waals surface area contributed by atoms with Gasteiger partial charge in [0.1, 0.15) is 0 Å². The molecule has 0 saturated carbocycles. The van der Waals surface area contributed by atoms with Gasteiger partial charge in [0.2, 0.25) is 0 Å². The van der Waals surface area contributed by atoms with Crippen LogP contribution in [0.25, 0.3) is 0 Å². The molecule has 0 amide bonds. The van der Waals surface area contributed by atoms with Gasteiger partial charge in [0, 0.05) is 0 Å². The lowest BCUT2D eigenvalue weighted by molar-refractivity contribution is -0.0510. The first kappa shape index (κ1) is 18.0. The minimum Gasteiger partial charge on any atom is -0.285 e. The minimum atomic E-state index is -5.84. The predicted octanol–water partition coefficient (Wildman–Crippen LogP) is 1.07. The van der Waals surface area contributed by atoms with E-state index in [0.717, 1.165) is 0 Å². The molecule has 100 valence electrons. The van der Waals surface area contributed by atoms with E-state index < -0.39 is 30.5 Å². The van der Waals surface area contributed by atoms with E-state index in [-0.39, 0.29) is 0 Å². The van der Waals surface area contributed by atoms with E-state index in [9.17, 15) is 21.6 Å². The fraction of sp³-hybridized carbons (Fsp3) is 1.00. The van der Waals surface area contributed by atoms with Crippen molar-refractivity contribution >= 4 is 20.2 Å². The molecule has 0 unspecified atom stereocenters. The maximum Gasteiger partial charge on any atom is 0.522 e. The molecule has 16 heavy (non-hydrogen) atoms. The third kappa shape index (κ3) is 6.98. The number of alkyl halides is 3. The van der Waals surface area contributed by atoms with Crippen molar-refractivity contribution in [1.29, 1.82) is 0 Å². The lowest BCUT2D eigenvalue weighted by atomic mass is 10.3. The summed E-state index contributed by atoms with van der Waals surface area (Å²) in [7, 11) is -9.68. The van der Waals surface area contributed by atoms with Gasteiger partial charge in [-0.15, -0.1) is 0 Å². The van der Waals surface area contributed by atoms with Gasteiger partial charge in [-0.3, -0.25) is 9.11 Å². The van der Waals surface area contributed by atoms with Crippen molar-refractivity contribution in [3.63, 3.8) is 0 Å². The standard InChI is InChI=1S/C4H10O3S.CHF3O3S/c1-4(2,3)8(5,6)7;2-1(3,4)8(5,6)7/h1-3H3,(H,5,6,7);(H,5,6,7). The van der Waals surface area contributed by atoms with E-state index in [1.54, 1.807) is 0 Å². The van der Waals surface area contributed by atoms with Crippen LogP contribution in [0.5, 0.6) is 0 Å². The third-order valence-electron chi connectivity index (χ3n) is 1.07. The Hall–Kier alpha value is -0.390. The fourth-order valence-electron chi connectivity index (χ4n) is 0. The molecule has 0 aromatic heterocycles. The Bertz CT molecular complexity index is 370. The summed E-state index contributed by atoms with van der Waals surface area (Å²) in [5.74, 6) is 0. The summed E-state index contributed by atoms with van der Waals surface area (Å²) in [6.07, 6.45) is 0. The third-order valence-corrected chi connectivity index (χ3v) is 3.20. The van der Waals surface area contributed by atoms with Crippen LogP contribution in [0.1, 0.15) is 20.8 Å². The zero-order valence-electron chi connectivity index (χ0n) is 8.48. The molecule has 0 aliphatic heterocycles. The Morgan fingerprint density at radius 1 is 0.812 bits per heavy atom. The molecule has 0 atom stereocenters. The maximum atomic E-state index is 10.7. The highest BCUT2D eigenvalue weighted by atomic mass is 32.2. The van der Waals surface area contributed by atoms with E-state index in [2.05, 4.69) is 0 Å².